The van der Waals surface area contributed by atoms with Gasteiger partial charge in [-0.3, -0.25) is 25.0 Å². The number of carbonyl (C=O) groups is 1. The third-order valence-corrected chi connectivity index (χ3v) is 4.04. The fourth-order valence-corrected chi connectivity index (χ4v) is 2.67. The van der Waals surface area contributed by atoms with Crippen LogP contribution in [0.3, 0.4) is 0 Å². The van der Waals surface area contributed by atoms with Crippen LogP contribution < -0.4 is 14.8 Å². The summed E-state index contributed by atoms with van der Waals surface area (Å²) in [5.74, 6) is -0.211. The maximum atomic E-state index is 12.4. The van der Waals surface area contributed by atoms with Gasteiger partial charge < -0.3 is 19.2 Å². The number of nitrogens with zero attached hydrogens (tertiary/aromatic N) is 2. The quantitative estimate of drug-likeness (QED) is 0.392. The predicted octanol–water partition coefficient (Wildman–Crippen LogP) is 4.33. The molecule has 0 spiro atoms. The van der Waals surface area contributed by atoms with Crippen molar-refractivity contribution in [2.45, 2.75) is 13.5 Å². The van der Waals surface area contributed by atoms with Gasteiger partial charge in [0.25, 0.3) is 11.6 Å². The average molecular weight is 427 g/mol. The summed E-state index contributed by atoms with van der Waals surface area (Å²) in [5.41, 5.74) is -0.548. The van der Waals surface area contributed by atoms with Gasteiger partial charge in [-0.05, 0) is 37.3 Å². The maximum Gasteiger partial charge on any atom is 0.310 e. The Balaban J connectivity index is 1.70. The lowest BCUT2D eigenvalue weighted by atomic mass is 10.2. The number of hydrogen-bond acceptors (Lipinski definition) is 8. The van der Waals surface area contributed by atoms with Crippen molar-refractivity contribution in [1.82, 2.24) is 0 Å². The first-order valence-electron chi connectivity index (χ1n) is 9.06. The third kappa shape index (κ3) is 5.15. The minimum Gasteiger partial charge on any atom is -0.494 e. The van der Waals surface area contributed by atoms with E-state index in [4.69, 9.17) is 13.9 Å². The topological polar surface area (TPSA) is 147 Å². The molecule has 0 atom stereocenters. The number of hydrogen-bond donors (Lipinski definition) is 1. The number of furan rings is 1. The smallest absolute Gasteiger partial charge is 0.310 e. The number of nitro groups is 2. The molecular weight excluding hydrogens is 410 g/mol. The molecule has 0 aliphatic carbocycles. The van der Waals surface area contributed by atoms with Gasteiger partial charge in [0.1, 0.15) is 23.8 Å². The summed E-state index contributed by atoms with van der Waals surface area (Å²) in [6.45, 7) is 1.93. The SMILES string of the molecule is CCOc1ccc(NC(=O)c2ccc(COc3ccccc3[N+](=O)[O-])o2)c([N+](=O)[O-])c1. The van der Waals surface area contributed by atoms with Crippen LogP contribution in [-0.2, 0) is 6.61 Å². The maximum absolute atomic E-state index is 12.4. The Hall–Kier alpha value is -4.41. The van der Waals surface area contributed by atoms with Crippen molar-refractivity contribution < 1.29 is 28.5 Å². The van der Waals surface area contributed by atoms with E-state index in [9.17, 15) is 25.0 Å². The van der Waals surface area contributed by atoms with Gasteiger partial charge >= 0.3 is 5.69 Å². The van der Waals surface area contributed by atoms with E-state index in [1.54, 1.807) is 13.0 Å². The molecule has 0 aliphatic rings. The lowest BCUT2D eigenvalue weighted by Crippen LogP contribution is -2.12. The highest BCUT2D eigenvalue weighted by molar-refractivity contribution is 6.03. The van der Waals surface area contributed by atoms with E-state index in [2.05, 4.69) is 5.32 Å². The Labute approximate surface area is 175 Å². The Morgan fingerprint density at radius 2 is 1.74 bits per heavy atom. The number of ether oxygens (including phenoxy) is 2. The number of nitrogens with one attached hydrogen (secondary N) is 1. The summed E-state index contributed by atoms with van der Waals surface area (Å²) in [4.78, 5) is 33.6. The number of carbonyl (C=O) groups excluding carboxylic acids is 1. The highest BCUT2D eigenvalue weighted by Crippen LogP contribution is 2.30. The summed E-state index contributed by atoms with van der Waals surface area (Å²) >= 11 is 0. The second-order valence-corrected chi connectivity index (χ2v) is 6.10. The summed E-state index contributed by atoms with van der Waals surface area (Å²) in [6, 6.07) is 12.8. The van der Waals surface area contributed by atoms with Crippen molar-refractivity contribution in [2.24, 2.45) is 0 Å². The number of amides is 1. The molecule has 1 aromatic heterocycles. The van der Waals surface area contributed by atoms with E-state index < -0.39 is 15.8 Å². The zero-order chi connectivity index (χ0) is 22.4. The average Bonchev–Trinajstić information content (AvgIpc) is 3.22. The minimum atomic E-state index is -0.704. The molecule has 3 rings (SSSR count). The van der Waals surface area contributed by atoms with Crippen LogP contribution in [0.25, 0.3) is 0 Å². The molecule has 2 aromatic carbocycles. The second kappa shape index (κ2) is 9.39. The fraction of sp³-hybridized carbons (Fsp3) is 0.150. The van der Waals surface area contributed by atoms with Crippen LogP contribution >= 0.6 is 0 Å². The molecule has 0 saturated carbocycles. The van der Waals surface area contributed by atoms with E-state index in [0.29, 0.717) is 12.4 Å². The van der Waals surface area contributed by atoms with Gasteiger partial charge in [0.05, 0.1) is 22.5 Å². The molecule has 3 aromatic rings. The molecule has 31 heavy (non-hydrogen) atoms. The first-order valence-corrected chi connectivity index (χ1v) is 9.06. The van der Waals surface area contributed by atoms with Crippen LogP contribution in [0.1, 0.15) is 23.2 Å². The molecule has 1 amide bonds. The summed E-state index contributed by atoms with van der Waals surface area (Å²) < 4.78 is 16.1. The van der Waals surface area contributed by atoms with Crippen LogP contribution in [0.5, 0.6) is 11.5 Å². The molecule has 1 heterocycles. The number of benzene rings is 2. The summed E-state index contributed by atoms with van der Waals surface area (Å²) in [7, 11) is 0. The summed E-state index contributed by atoms with van der Waals surface area (Å²) in [6.07, 6.45) is 0. The van der Waals surface area contributed by atoms with Crippen molar-refractivity contribution in [3.05, 3.63) is 86.3 Å². The first kappa shape index (κ1) is 21.3. The van der Waals surface area contributed by atoms with Gasteiger partial charge in [0.15, 0.2) is 11.5 Å². The second-order valence-electron chi connectivity index (χ2n) is 6.10. The van der Waals surface area contributed by atoms with Crippen LogP contribution in [-0.4, -0.2) is 22.4 Å². The summed E-state index contributed by atoms with van der Waals surface area (Å²) in [5, 5.41) is 24.8. The van der Waals surface area contributed by atoms with E-state index in [1.165, 1.54) is 48.5 Å². The van der Waals surface area contributed by atoms with Gasteiger partial charge in [0.2, 0.25) is 0 Å². The molecular formula is C20H17N3O8. The molecule has 0 bridgehead atoms. The fourth-order valence-electron chi connectivity index (χ4n) is 2.67. The zero-order valence-electron chi connectivity index (χ0n) is 16.3. The molecule has 0 saturated heterocycles. The molecule has 160 valence electrons. The number of rotatable bonds is 9. The van der Waals surface area contributed by atoms with Crippen molar-refractivity contribution in [3.63, 3.8) is 0 Å². The van der Waals surface area contributed by atoms with Crippen LogP contribution in [0.15, 0.2) is 59.0 Å². The van der Waals surface area contributed by atoms with Crippen LogP contribution in [0.4, 0.5) is 17.1 Å². The zero-order valence-corrected chi connectivity index (χ0v) is 16.3. The lowest BCUT2D eigenvalue weighted by Gasteiger charge is -2.07. The van der Waals surface area contributed by atoms with Gasteiger partial charge in [0, 0.05) is 6.07 Å². The Morgan fingerprint density at radius 3 is 2.45 bits per heavy atom. The van der Waals surface area contributed by atoms with Crippen molar-refractivity contribution in [2.75, 3.05) is 11.9 Å². The molecule has 0 fully saturated rings. The number of para-hydroxylation sites is 2. The number of anilines is 1. The minimum absolute atomic E-state index is 0.0208. The standard InChI is InChI=1S/C20H17N3O8/c1-2-29-13-7-9-15(17(11-13)23(27)28)21-20(24)19-10-8-14(31-19)12-30-18-6-4-3-5-16(18)22(25)26/h3-11H,2,12H2,1H3,(H,21,24). The highest BCUT2D eigenvalue weighted by atomic mass is 16.6. The number of nitro benzene ring substituents is 2. The monoisotopic (exact) mass is 427 g/mol. The van der Waals surface area contributed by atoms with Crippen molar-refractivity contribution in [1.29, 1.82) is 0 Å². The molecule has 11 nitrogen and oxygen atoms in total. The van der Waals surface area contributed by atoms with Gasteiger partial charge in [-0.25, -0.2) is 0 Å². The van der Waals surface area contributed by atoms with E-state index >= 15 is 0 Å². The van der Waals surface area contributed by atoms with Gasteiger partial charge in [-0.15, -0.1) is 0 Å². The molecule has 1 N–H and O–H groups in total. The van der Waals surface area contributed by atoms with Crippen LogP contribution in [0, 0.1) is 20.2 Å². The Bertz CT molecular complexity index is 1130. The lowest BCUT2D eigenvalue weighted by molar-refractivity contribution is -0.386. The third-order valence-electron chi connectivity index (χ3n) is 4.04. The van der Waals surface area contributed by atoms with E-state index in [-0.39, 0.29) is 40.9 Å². The van der Waals surface area contributed by atoms with Gasteiger partial charge in [-0.1, -0.05) is 12.1 Å². The van der Waals surface area contributed by atoms with E-state index in [1.807, 2.05) is 0 Å². The van der Waals surface area contributed by atoms with Crippen LogP contribution in [0.2, 0.25) is 0 Å². The van der Waals surface area contributed by atoms with Crippen molar-refractivity contribution >= 4 is 23.0 Å². The molecule has 0 aliphatic heterocycles. The first-order chi connectivity index (χ1) is 14.9. The van der Waals surface area contributed by atoms with Crippen molar-refractivity contribution in [3.8, 4) is 11.5 Å². The highest BCUT2D eigenvalue weighted by Gasteiger charge is 2.20. The predicted molar refractivity (Wildman–Crippen MR) is 108 cm³/mol. The molecule has 11 heteroatoms. The molecule has 0 radical (unpaired) electrons. The molecule has 0 unspecified atom stereocenters. The van der Waals surface area contributed by atoms with Gasteiger partial charge in [-0.2, -0.15) is 0 Å². The normalized spacial score (nSPS) is 10.4. The van der Waals surface area contributed by atoms with E-state index in [0.717, 1.165) is 0 Å². The Kier molecular flexibility index (Phi) is 6.45. The largest absolute Gasteiger partial charge is 0.494 e. The Morgan fingerprint density at radius 1 is 1.00 bits per heavy atom.